The molecule has 2 aromatic heterocycles. The fraction of sp³-hybridized carbons (Fsp3) is 0.250. The second-order valence-electron chi connectivity index (χ2n) is 8.02. The van der Waals surface area contributed by atoms with E-state index in [0.717, 1.165) is 35.8 Å². The third kappa shape index (κ3) is 5.30. The number of sulfonamides is 1. The molecule has 5 rings (SSSR count). The maximum Gasteiger partial charge on any atom is 0.261 e. The van der Waals surface area contributed by atoms with E-state index >= 15 is 0 Å². The molecule has 1 aliphatic heterocycles. The fourth-order valence-corrected chi connectivity index (χ4v) is 5.78. The monoisotopic (exact) mass is 495 g/mol. The summed E-state index contributed by atoms with van der Waals surface area (Å²) in [5, 5.41) is 4.91. The summed E-state index contributed by atoms with van der Waals surface area (Å²) in [6.07, 6.45) is 4.24. The molecule has 0 spiro atoms. The van der Waals surface area contributed by atoms with E-state index in [0.29, 0.717) is 23.8 Å². The Morgan fingerprint density at radius 1 is 1.03 bits per heavy atom. The van der Waals surface area contributed by atoms with E-state index in [1.54, 1.807) is 41.9 Å². The zero-order valence-electron chi connectivity index (χ0n) is 18.5. The van der Waals surface area contributed by atoms with Gasteiger partial charge in [0.2, 0.25) is 5.95 Å². The Morgan fingerprint density at radius 3 is 2.56 bits per heavy atom. The van der Waals surface area contributed by atoms with Crippen molar-refractivity contribution < 1.29 is 13.2 Å². The Hall–Kier alpha value is -3.21. The van der Waals surface area contributed by atoms with E-state index < -0.39 is 10.0 Å². The zero-order chi connectivity index (χ0) is 23.4. The number of aromatic nitrogens is 2. The molecule has 2 aromatic carbocycles. The Morgan fingerprint density at radius 2 is 1.79 bits per heavy atom. The van der Waals surface area contributed by atoms with Crippen molar-refractivity contribution in [1.29, 1.82) is 0 Å². The number of nitrogens with zero attached hydrogens (tertiary/aromatic N) is 3. The highest BCUT2D eigenvalue weighted by molar-refractivity contribution is 7.92. The van der Waals surface area contributed by atoms with Crippen molar-refractivity contribution in [2.45, 2.75) is 17.7 Å². The average Bonchev–Trinajstić information content (AvgIpc) is 3.51. The number of likely N-dealkylation sites (tertiary alicyclic amines) is 1. The largest absolute Gasteiger partial charge is 0.492 e. The smallest absolute Gasteiger partial charge is 0.261 e. The van der Waals surface area contributed by atoms with Gasteiger partial charge in [0.25, 0.3) is 10.0 Å². The van der Waals surface area contributed by atoms with Gasteiger partial charge in [-0.2, -0.15) is 0 Å². The van der Waals surface area contributed by atoms with Crippen molar-refractivity contribution in [2.24, 2.45) is 0 Å². The minimum absolute atomic E-state index is 0.199. The van der Waals surface area contributed by atoms with Crippen molar-refractivity contribution >= 4 is 48.9 Å². The highest BCUT2D eigenvalue weighted by Gasteiger charge is 2.17. The molecule has 34 heavy (non-hydrogen) atoms. The average molecular weight is 496 g/mol. The first-order chi connectivity index (χ1) is 16.6. The minimum atomic E-state index is -3.71. The molecule has 1 fully saturated rings. The molecule has 176 valence electrons. The van der Waals surface area contributed by atoms with Crippen molar-refractivity contribution in [3.63, 3.8) is 0 Å². The maximum atomic E-state index is 12.7. The number of anilines is 3. The van der Waals surface area contributed by atoms with Crippen molar-refractivity contribution in [3.05, 3.63) is 66.2 Å². The Labute approximate surface area is 202 Å². The summed E-state index contributed by atoms with van der Waals surface area (Å²) >= 11 is 1.38. The summed E-state index contributed by atoms with van der Waals surface area (Å²) in [5.74, 6) is 1.20. The molecule has 0 bridgehead atoms. The van der Waals surface area contributed by atoms with Gasteiger partial charge < -0.3 is 10.1 Å². The molecule has 0 aliphatic carbocycles. The summed E-state index contributed by atoms with van der Waals surface area (Å²) in [5.41, 5.74) is 1.79. The molecule has 1 saturated heterocycles. The first-order valence-corrected chi connectivity index (χ1v) is 13.5. The van der Waals surface area contributed by atoms with E-state index in [1.807, 2.05) is 24.3 Å². The molecule has 0 radical (unpaired) electrons. The molecular weight excluding hydrogens is 470 g/mol. The van der Waals surface area contributed by atoms with E-state index in [2.05, 4.69) is 24.9 Å². The van der Waals surface area contributed by atoms with Crippen LogP contribution in [0.3, 0.4) is 0 Å². The minimum Gasteiger partial charge on any atom is -0.492 e. The van der Waals surface area contributed by atoms with Gasteiger partial charge in [-0.3, -0.25) is 9.62 Å². The van der Waals surface area contributed by atoms with Gasteiger partial charge in [0.15, 0.2) is 0 Å². The normalized spacial score (nSPS) is 14.4. The van der Waals surface area contributed by atoms with Crippen molar-refractivity contribution in [2.75, 3.05) is 36.3 Å². The molecular formula is C24H25N5O3S2. The van der Waals surface area contributed by atoms with Gasteiger partial charge in [-0.05, 0) is 62.3 Å². The summed E-state index contributed by atoms with van der Waals surface area (Å²) in [7, 11) is -3.71. The molecule has 0 saturated carbocycles. The molecule has 2 N–H and O–H groups in total. The van der Waals surface area contributed by atoms with Gasteiger partial charge in [0.05, 0.1) is 21.5 Å². The zero-order valence-corrected chi connectivity index (χ0v) is 20.1. The SMILES string of the molecule is O=S(=O)(Nc1csc2cnc(Nc3ccc(OCCN4CCCC4)cc3)nc12)c1ccccc1. The van der Waals surface area contributed by atoms with Gasteiger partial charge in [-0.1, -0.05) is 18.2 Å². The number of rotatable bonds is 9. The number of fused-ring (bicyclic) bond motifs is 1. The molecule has 0 unspecified atom stereocenters. The molecule has 0 atom stereocenters. The van der Waals surface area contributed by atoms with Gasteiger partial charge in [0.1, 0.15) is 17.9 Å². The second kappa shape index (κ2) is 9.96. The van der Waals surface area contributed by atoms with Crippen LogP contribution in [-0.2, 0) is 10.0 Å². The first kappa shape index (κ1) is 22.6. The predicted octanol–water partition coefficient (Wildman–Crippen LogP) is 4.71. The van der Waals surface area contributed by atoms with Gasteiger partial charge in [0, 0.05) is 17.6 Å². The van der Waals surface area contributed by atoms with Crippen LogP contribution in [0.15, 0.2) is 71.1 Å². The molecule has 1 aliphatic rings. The van der Waals surface area contributed by atoms with E-state index in [4.69, 9.17) is 4.74 Å². The second-order valence-corrected chi connectivity index (χ2v) is 10.6. The summed E-state index contributed by atoms with van der Waals surface area (Å²) < 4.78 is 34.7. The predicted molar refractivity (Wildman–Crippen MR) is 136 cm³/mol. The molecule has 4 aromatic rings. The Kier molecular flexibility index (Phi) is 6.61. The van der Waals surface area contributed by atoms with Crippen LogP contribution in [0.2, 0.25) is 0 Å². The van der Waals surface area contributed by atoms with Crippen LogP contribution < -0.4 is 14.8 Å². The maximum absolute atomic E-state index is 12.7. The van der Waals surface area contributed by atoms with Gasteiger partial charge in [-0.15, -0.1) is 11.3 Å². The number of hydrogen-bond acceptors (Lipinski definition) is 8. The van der Waals surface area contributed by atoms with Crippen LogP contribution in [0.4, 0.5) is 17.3 Å². The van der Waals surface area contributed by atoms with Crippen LogP contribution >= 0.6 is 11.3 Å². The Balaban J connectivity index is 1.25. The van der Waals surface area contributed by atoms with Gasteiger partial charge in [-0.25, -0.2) is 18.4 Å². The lowest BCUT2D eigenvalue weighted by molar-refractivity contribution is 0.238. The van der Waals surface area contributed by atoms with E-state index in [1.165, 1.54) is 24.2 Å². The van der Waals surface area contributed by atoms with Crippen LogP contribution in [0.1, 0.15) is 12.8 Å². The molecule has 8 nitrogen and oxygen atoms in total. The lowest BCUT2D eigenvalue weighted by atomic mass is 10.3. The molecule has 10 heteroatoms. The quantitative estimate of drug-likeness (QED) is 0.347. The highest BCUT2D eigenvalue weighted by atomic mass is 32.2. The topological polar surface area (TPSA) is 96.5 Å². The van der Waals surface area contributed by atoms with Crippen LogP contribution in [0, 0.1) is 0 Å². The number of ether oxygens (including phenoxy) is 1. The van der Waals surface area contributed by atoms with Crippen molar-refractivity contribution in [3.8, 4) is 5.75 Å². The number of benzene rings is 2. The number of thiophene rings is 1. The molecule has 0 amide bonds. The highest BCUT2D eigenvalue weighted by Crippen LogP contribution is 2.31. The lowest BCUT2D eigenvalue weighted by Gasteiger charge is -2.15. The van der Waals surface area contributed by atoms with Crippen molar-refractivity contribution in [1.82, 2.24) is 14.9 Å². The third-order valence-corrected chi connectivity index (χ3v) is 7.88. The van der Waals surface area contributed by atoms with Gasteiger partial charge >= 0.3 is 0 Å². The Bertz CT molecular complexity index is 1350. The lowest BCUT2D eigenvalue weighted by Crippen LogP contribution is -2.25. The fourth-order valence-electron chi connectivity index (χ4n) is 3.83. The van der Waals surface area contributed by atoms with E-state index in [-0.39, 0.29) is 4.90 Å². The molecule has 3 heterocycles. The number of hydrogen-bond donors (Lipinski definition) is 2. The summed E-state index contributed by atoms with van der Waals surface area (Å²) in [6.45, 7) is 3.95. The van der Waals surface area contributed by atoms with Crippen LogP contribution in [-0.4, -0.2) is 49.5 Å². The summed E-state index contributed by atoms with van der Waals surface area (Å²) in [4.78, 5) is 11.5. The van der Waals surface area contributed by atoms with Crippen LogP contribution in [0.25, 0.3) is 10.2 Å². The standard InChI is InChI=1S/C24H25N5O3S2/c30-34(31,20-6-2-1-3-7-20)28-21-17-33-22-16-25-24(27-23(21)22)26-18-8-10-19(11-9-18)32-15-14-29-12-4-5-13-29/h1-3,6-11,16-17,28H,4-5,12-15H2,(H,25,26,27). The van der Waals surface area contributed by atoms with E-state index in [9.17, 15) is 8.42 Å². The summed E-state index contributed by atoms with van der Waals surface area (Å²) in [6, 6.07) is 15.9. The first-order valence-electron chi connectivity index (χ1n) is 11.1. The van der Waals surface area contributed by atoms with Crippen LogP contribution in [0.5, 0.6) is 5.75 Å². The number of nitrogens with one attached hydrogen (secondary N) is 2. The third-order valence-electron chi connectivity index (χ3n) is 5.60.